The van der Waals surface area contributed by atoms with Crippen LogP contribution >= 0.6 is 0 Å². The quantitative estimate of drug-likeness (QED) is 0.822. The Morgan fingerprint density at radius 3 is 2.53 bits per heavy atom. The zero-order valence-corrected chi connectivity index (χ0v) is 13.0. The van der Waals surface area contributed by atoms with E-state index in [1.54, 1.807) is 7.11 Å². The van der Waals surface area contributed by atoms with Crippen LogP contribution in [-0.2, 0) is 6.42 Å². The Balaban J connectivity index is 2.62. The third kappa shape index (κ3) is 5.21. The maximum absolute atomic E-state index is 5.79. The van der Waals surface area contributed by atoms with Crippen LogP contribution in [0.1, 0.15) is 30.0 Å². The number of nitrogens with zero attached hydrogens (tertiary/aromatic N) is 1. The molecule has 0 aromatic heterocycles. The molecule has 0 fully saturated rings. The molecule has 0 amide bonds. The fourth-order valence-electron chi connectivity index (χ4n) is 2.37. The molecule has 1 aromatic rings. The lowest BCUT2D eigenvalue weighted by Gasteiger charge is -2.19. The van der Waals surface area contributed by atoms with Crippen molar-refractivity contribution in [3.63, 3.8) is 0 Å². The van der Waals surface area contributed by atoms with E-state index in [9.17, 15) is 0 Å². The van der Waals surface area contributed by atoms with E-state index >= 15 is 0 Å². The van der Waals surface area contributed by atoms with Crippen LogP contribution < -0.4 is 10.5 Å². The summed E-state index contributed by atoms with van der Waals surface area (Å²) in [4.78, 5) is 2.33. The highest BCUT2D eigenvalue weighted by Crippen LogP contribution is 2.25. The molecule has 2 N–H and O–H groups in total. The molecule has 0 radical (unpaired) electrons. The number of hydrogen-bond donors (Lipinski definition) is 1. The normalized spacial score (nSPS) is 12.8. The predicted octanol–water partition coefficient (Wildman–Crippen LogP) is 2.52. The number of aryl methyl sites for hydroxylation is 2. The minimum Gasteiger partial charge on any atom is -0.496 e. The van der Waals surface area contributed by atoms with E-state index in [0.717, 1.165) is 31.7 Å². The summed E-state index contributed by atoms with van der Waals surface area (Å²) >= 11 is 0. The average Bonchev–Trinajstić information content (AvgIpc) is 2.33. The van der Waals surface area contributed by atoms with Gasteiger partial charge in [-0.05, 0) is 58.3 Å². The van der Waals surface area contributed by atoms with E-state index in [1.807, 2.05) is 0 Å². The molecule has 1 aromatic carbocycles. The van der Waals surface area contributed by atoms with Gasteiger partial charge in [0.1, 0.15) is 5.75 Å². The summed E-state index contributed by atoms with van der Waals surface area (Å²) in [5.74, 6) is 1.03. The summed E-state index contributed by atoms with van der Waals surface area (Å²) in [6.45, 7) is 8.38. The van der Waals surface area contributed by atoms with Crippen molar-refractivity contribution in [1.29, 1.82) is 0 Å². The summed E-state index contributed by atoms with van der Waals surface area (Å²) in [6.07, 6.45) is 2.06. The van der Waals surface area contributed by atoms with Crippen LogP contribution in [0.4, 0.5) is 0 Å². The van der Waals surface area contributed by atoms with Gasteiger partial charge >= 0.3 is 0 Å². The molecular formula is C16H28N2O. The maximum Gasteiger partial charge on any atom is 0.125 e. The molecule has 0 aliphatic heterocycles. The summed E-state index contributed by atoms with van der Waals surface area (Å²) in [5.41, 5.74) is 9.60. The molecular weight excluding hydrogens is 236 g/mol. The molecule has 0 spiro atoms. The monoisotopic (exact) mass is 264 g/mol. The lowest BCUT2D eigenvalue weighted by Crippen LogP contribution is -2.27. The Labute approximate surface area is 117 Å². The van der Waals surface area contributed by atoms with Gasteiger partial charge in [-0.1, -0.05) is 17.7 Å². The number of benzene rings is 1. The fraction of sp³-hybridized carbons (Fsp3) is 0.625. The summed E-state index contributed by atoms with van der Waals surface area (Å²) in [6, 6.07) is 4.67. The van der Waals surface area contributed by atoms with E-state index in [-0.39, 0.29) is 6.04 Å². The number of methoxy groups -OCH3 is 1. The Kier molecular flexibility index (Phi) is 6.32. The molecule has 1 rings (SSSR count). The standard InChI is InChI=1S/C16H28N2O/c1-12-10-13(2)16(19-5)15(11-12)7-9-18(4)8-6-14(3)17/h10-11,14H,6-9,17H2,1-5H3. The van der Waals surface area contributed by atoms with Crippen LogP contribution in [-0.4, -0.2) is 38.2 Å². The van der Waals surface area contributed by atoms with E-state index < -0.39 is 0 Å². The molecule has 0 aliphatic rings. The zero-order valence-electron chi connectivity index (χ0n) is 13.0. The first-order valence-electron chi connectivity index (χ1n) is 7.02. The van der Waals surface area contributed by atoms with Crippen molar-refractivity contribution in [2.75, 3.05) is 27.2 Å². The molecule has 19 heavy (non-hydrogen) atoms. The van der Waals surface area contributed by atoms with Crippen LogP contribution in [0.2, 0.25) is 0 Å². The molecule has 0 aliphatic carbocycles. The number of likely N-dealkylation sites (N-methyl/N-ethyl adjacent to an activating group) is 1. The first-order valence-corrected chi connectivity index (χ1v) is 7.02. The molecule has 0 saturated heterocycles. The summed E-state index contributed by atoms with van der Waals surface area (Å²) < 4.78 is 5.52. The van der Waals surface area contributed by atoms with Crippen LogP contribution in [0, 0.1) is 13.8 Å². The van der Waals surface area contributed by atoms with Crippen molar-refractivity contribution in [1.82, 2.24) is 4.90 Å². The van der Waals surface area contributed by atoms with Gasteiger partial charge in [0.05, 0.1) is 7.11 Å². The number of nitrogens with two attached hydrogens (primary N) is 1. The molecule has 1 atom stereocenters. The van der Waals surface area contributed by atoms with Crippen LogP contribution in [0.5, 0.6) is 5.75 Å². The highest BCUT2D eigenvalue weighted by Gasteiger charge is 2.09. The highest BCUT2D eigenvalue weighted by atomic mass is 16.5. The minimum atomic E-state index is 0.276. The molecule has 1 unspecified atom stereocenters. The molecule has 0 heterocycles. The van der Waals surface area contributed by atoms with Crippen molar-refractivity contribution in [3.8, 4) is 5.75 Å². The Bertz CT molecular complexity index is 402. The third-order valence-electron chi connectivity index (χ3n) is 3.43. The zero-order chi connectivity index (χ0) is 14.4. The lowest BCUT2D eigenvalue weighted by molar-refractivity contribution is 0.322. The van der Waals surface area contributed by atoms with Gasteiger partial charge in [0.25, 0.3) is 0 Å². The number of hydrogen-bond acceptors (Lipinski definition) is 3. The van der Waals surface area contributed by atoms with E-state index in [1.165, 1.54) is 16.7 Å². The Hall–Kier alpha value is -1.06. The molecule has 3 nitrogen and oxygen atoms in total. The lowest BCUT2D eigenvalue weighted by atomic mass is 10.0. The van der Waals surface area contributed by atoms with Gasteiger partial charge < -0.3 is 15.4 Å². The van der Waals surface area contributed by atoms with Gasteiger partial charge in [-0.2, -0.15) is 0 Å². The molecule has 108 valence electrons. The van der Waals surface area contributed by atoms with Gasteiger partial charge in [-0.3, -0.25) is 0 Å². The van der Waals surface area contributed by atoms with Crippen molar-refractivity contribution in [3.05, 3.63) is 28.8 Å². The molecule has 0 bridgehead atoms. The number of rotatable bonds is 7. The summed E-state index contributed by atoms with van der Waals surface area (Å²) in [7, 11) is 3.90. The van der Waals surface area contributed by atoms with Crippen molar-refractivity contribution in [2.24, 2.45) is 5.73 Å². The van der Waals surface area contributed by atoms with E-state index in [4.69, 9.17) is 10.5 Å². The van der Waals surface area contributed by atoms with Gasteiger partial charge in [-0.25, -0.2) is 0 Å². The van der Waals surface area contributed by atoms with Gasteiger partial charge in [0.15, 0.2) is 0 Å². The third-order valence-corrected chi connectivity index (χ3v) is 3.43. The fourth-order valence-corrected chi connectivity index (χ4v) is 2.37. The topological polar surface area (TPSA) is 38.5 Å². The number of ether oxygens (including phenoxy) is 1. The van der Waals surface area contributed by atoms with Gasteiger partial charge in [-0.15, -0.1) is 0 Å². The van der Waals surface area contributed by atoms with Gasteiger partial charge in [0, 0.05) is 12.6 Å². The van der Waals surface area contributed by atoms with Crippen LogP contribution in [0.3, 0.4) is 0 Å². The van der Waals surface area contributed by atoms with Crippen molar-refractivity contribution in [2.45, 2.75) is 39.7 Å². The smallest absolute Gasteiger partial charge is 0.125 e. The first kappa shape index (κ1) is 16.0. The average molecular weight is 264 g/mol. The first-order chi connectivity index (χ1) is 8.93. The van der Waals surface area contributed by atoms with Crippen molar-refractivity contribution < 1.29 is 4.74 Å². The minimum absolute atomic E-state index is 0.276. The highest BCUT2D eigenvalue weighted by molar-refractivity contribution is 5.43. The maximum atomic E-state index is 5.79. The second-order valence-corrected chi connectivity index (χ2v) is 5.59. The Morgan fingerprint density at radius 2 is 1.95 bits per heavy atom. The van der Waals surface area contributed by atoms with Crippen LogP contribution in [0.25, 0.3) is 0 Å². The van der Waals surface area contributed by atoms with Gasteiger partial charge in [0.2, 0.25) is 0 Å². The predicted molar refractivity (Wildman–Crippen MR) is 81.9 cm³/mol. The largest absolute Gasteiger partial charge is 0.496 e. The second-order valence-electron chi connectivity index (χ2n) is 5.59. The van der Waals surface area contributed by atoms with E-state index in [2.05, 4.69) is 44.9 Å². The van der Waals surface area contributed by atoms with Crippen molar-refractivity contribution >= 4 is 0 Å². The summed E-state index contributed by atoms with van der Waals surface area (Å²) in [5, 5.41) is 0. The SMILES string of the molecule is COc1c(C)cc(C)cc1CCN(C)CCC(C)N. The second kappa shape index (κ2) is 7.51. The molecule has 3 heteroatoms. The molecule has 0 saturated carbocycles. The Morgan fingerprint density at radius 1 is 1.26 bits per heavy atom. The van der Waals surface area contributed by atoms with E-state index in [0.29, 0.717) is 0 Å². The van der Waals surface area contributed by atoms with Crippen LogP contribution in [0.15, 0.2) is 12.1 Å².